The summed E-state index contributed by atoms with van der Waals surface area (Å²) in [4.78, 5) is 4.05. The molecule has 112 valence electrons. The Kier molecular flexibility index (Phi) is 4.56. The first kappa shape index (κ1) is 15.1. The van der Waals surface area contributed by atoms with Gasteiger partial charge in [0.1, 0.15) is 24.1 Å². The van der Waals surface area contributed by atoms with Crippen molar-refractivity contribution in [1.82, 2.24) is 4.98 Å². The Balaban J connectivity index is 1.77. The van der Waals surface area contributed by atoms with Crippen LogP contribution in [0.15, 0.2) is 66.9 Å². The molecule has 0 spiro atoms. The number of pyridine rings is 1. The Bertz CT molecular complexity index is 839. The summed E-state index contributed by atoms with van der Waals surface area (Å²) in [6.07, 6.45) is 1.47. The van der Waals surface area contributed by atoms with Crippen LogP contribution in [0, 0.1) is 11.3 Å². The SMILES string of the molecule is N#Cc1ncc(Cl)cc1-c1ccc(OCc2ccccc2)cc1. The van der Waals surface area contributed by atoms with Crippen LogP contribution in [-0.4, -0.2) is 4.98 Å². The zero-order valence-corrected chi connectivity index (χ0v) is 13.0. The van der Waals surface area contributed by atoms with Crippen LogP contribution >= 0.6 is 11.6 Å². The lowest BCUT2D eigenvalue weighted by atomic mass is 10.0. The molecule has 0 fully saturated rings. The smallest absolute Gasteiger partial charge is 0.148 e. The van der Waals surface area contributed by atoms with Gasteiger partial charge in [0.05, 0.1) is 5.02 Å². The second kappa shape index (κ2) is 6.95. The third-order valence-electron chi connectivity index (χ3n) is 3.37. The highest BCUT2D eigenvalue weighted by molar-refractivity contribution is 6.30. The predicted molar refractivity (Wildman–Crippen MR) is 90.2 cm³/mol. The van der Waals surface area contributed by atoms with Crippen LogP contribution in [0.3, 0.4) is 0 Å². The van der Waals surface area contributed by atoms with Gasteiger partial charge in [0, 0.05) is 11.8 Å². The van der Waals surface area contributed by atoms with Gasteiger partial charge in [0.15, 0.2) is 0 Å². The first-order valence-corrected chi connectivity index (χ1v) is 7.47. The number of rotatable bonds is 4. The molecule has 0 saturated heterocycles. The van der Waals surface area contributed by atoms with E-state index in [0.29, 0.717) is 17.3 Å². The molecule has 4 heteroatoms. The van der Waals surface area contributed by atoms with Gasteiger partial charge >= 0.3 is 0 Å². The molecule has 2 aromatic carbocycles. The minimum Gasteiger partial charge on any atom is -0.489 e. The van der Waals surface area contributed by atoms with Crippen molar-refractivity contribution in [2.45, 2.75) is 6.61 Å². The Labute approximate surface area is 139 Å². The lowest BCUT2D eigenvalue weighted by Crippen LogP contribution is -1.95. The quantitative estimate of drug-likeness (QED) is 0.690. The molecule has 3 rings (SSSR count). The molecule has 0 aliphatic carbocycles. The van der Waals surface area contributed by atoms with Crippen molar-refractivity contribution >= 4 is 11.6 Å². The number of nitrogens with zero attached hydrogens (tertiary/aromatic N) is 2. The lowest BCUT2D eigenvalue weighted by Gasteiger charge is -2.08. The summed E-state index contributed by atoms with van der Waals surface area (Å²) < 4.78 is 5.76. The molecule has 0 aliphatic heterocycles. The summed E-state index contributed by atoms with van der Waals surface area (Å²) in [7, 11) is 0. The molecule has 3 aromatic rings. The molecular weight excluding hydrogens is 308 g/mol. The molecule has 0 N–H and O–H groups in total. The molecule has 0 atom stereocenters. The van der Waals surface area contributed by atoms with Gasteiger partial charge in [-0.05, 0) is 29.3 Å². The van der Waals surface area contributed by atoms with E-state index in [1.807, 2.05) is 54.6 Å². The van der Waals surface area contributed by atoms with Crippen molar-refractivity contribution in [1.29, 1.82) is 5.26 Å². The molecule has 0 radical (unpaired) electrons. The molecule has 0 aliphatic rings. The Hall–Kier alpha value is -2.83. The fraction of sp³-hybridized carbons (Fsp3) is 0.0526. The maximum absolute atomic E-state index is 9.16. The third-order valence-corrected chi connectivity index (χ3v) is 3.58. The van der Waals surface area contributed by atoms with Gasteiger partial charge in [-0.3, -0.25) is 0 Å². The van der Waals surface area contributed by atoms with Crippen molar-refractivity contribution < 1.29 is 4.74 Å². The van der Waals surface area contributed by atoms with Gasteiger partial charge in [0.2, 0.25) is 0 Å². The zero-order chi connectivity index (χ0) is 16.1. The molecule has 0 saturated carbocycles. The third kappa shape index (κ3) is 3.68. The van der Waals surface area contributed by atoms with Gasteiger partial charge in [-0.1, -0.05) is 54.1 Å². The number of ether oxygens (including phenoxy) is 1. The summed E-state index contributed by atoms with van der Waals surface area (Å²) in [6.45, 7) is 0.516. The average molecular weight is 321 g/mol. The largest absolute Gasteiger partial charge is 0.489 e. The highest BCUT2D eigenvalue weighted by Crippen LogP contribution is 2.27. The van der Waals surface area contributed by atoms with Crippen LogP contribution < -0.4 is 4.74 Å². The summed E-state index contributed by atoms with van der Waals surface area (Å²) in [6, 6.07) is 21.4. The van der Waals surface area contributed by atoms with E-state index in [1.54, 1.807) is 6.07 Å². The summed E-state index contributed by atoms with van der Waals surface area (Å²) in [5.74, 6) is 0.770. The minimum atomic E-state index is 0.354. The molecule has 1 heterocycles. The highest BCUT2D eigenvalue weighted by atomic mass is 35.5. The van der Waals surface area contributed by atoms with Crippen LogP contribution in [0.2, 0.25) is 5.02 Å². The minimum absolute atomic E-state index is 0.354. The predicted octanol–water partition coefficient (Wildman–Crippen LogP) is 4.85. The van der Waals surface area contributed by atoms with Crippen LogP contribution in [0.4, 0.5) is 0 Å². The van der Waals surface area contributed by atoms with Crippen molar-refractivity contribution in [2.24, 2.45) is 0 Å². The van der Waals surface area contributed by atoms with Gasteiger partial charge in [-0.15, -0.1) is 0 Å². The van der Waals surface area contributed by atoms with Crippen LogP contribution in [0.25, 0.3) is 11.1 Å². The Morgan fingerprint density at radius 1 is 1.04 bits per heavy atom. The number of benzene rings is 2. The van der Waals surface area contributed by atoms with E-state index in [-0.39, 0.29) is 0 Å². The fourth-order valence-corrected chi connectivity index (χ4v) is 2.38. The second-order valence-electron chi connectivity index (χ2n) is 4.96. The van der Waals surface area contributed by atoms with E-state index in [4.69, 9.17) is 21.6 Å². The van der Waals surface area contributed by atoms with Crippen molar-refractivity contribution in [3.05, 3.63) is 83.1 Å². The van der Waals surface area contributed by atoms with Crippen LogP contribution in [0.5, 0.6) is 5.75 Å². The number of nitriles is 1. The highest BCUT2D eigenvalue weighted by Gasteiger charge is 2.07. The zero-order valence-electron chi connectivity index (χ0n) is 12.2. The molecule has 3 nitrogen and oxygen atoms in total. The van der Waals surface area contributed by atoms with Crippen molar-refractivity contribution in [2.75, 3.05) is 0 Å². The van der Waals surface area contributed by atoms with E-state index in [1.165, 1.54) is 6.20 Å². The molecule has 0 unspecified atom stereocenters. The van der Waals surface area contributed by atoms with E-state index >= 15 is 0 Å². The van der Waals surface area contributed by atoms with Crippen LogP contribution in [0.1, 0.15) is 11.3 Å². The monoisotopic (exact) mass is 320 g/mol. The van der Waals surface area contributed by atoms with Gasteiger partial charge in [0.25, 0.3) is 0 Å². The molecule has 0 amide bonds. The van der Waals surface area contributed by atoms with E-state index in [9.17, 15) is 0 Å². The molecule has 0 bridgehead atoms. The van der Waals surface area contributed by atoms with Crippen molar-refractivity contribution in [3.8, 4) is 22.9 Å². The first-order valence-electron chi connectivity index (χ1n) is 7.09. The van der Waals surface area contributed by atoms with E-state index < -0.39 is 0 Å². The normalized spacial score (nSPS) is 10.1. The Morgan fingerprint density at radius 3 is 2.48 bits per heavy atom. The van der Waals surface area contributed by atoms with Gasteiger partial charge in [-0.2, -0.15) is 5.26 Å². The van der Waals surface area contributed by atoms with Crippen molar-refractivity contribution in [3.63, 3.8) is 0 Å². The van der Waals surface area contributed by atoms with Gasteiger partial charge < -0.3 is 4.74 Å². The Morgan fingerprint density at radius 2 is 1.78 bits per heavy atom. The first-order chi connectivity index (χ1) is 11.3. The maximum Gasteiger partial charge on any atom is 0.148 e. The van der Waals surface area contributed by atoms with Gasteiger partial charge in [-0.25, -0.2) is 4.98 Å². The molecule has 1 aromatic heterocycles. The number of aromatic nitrogens is 1. The standard InChI is InChI=1S/C19H13ClN2O/c20-16-10-18(19(11-21)22-12-16)15-6-8-17(9-7-15)23-13-14-4-2-1-3-5-14/h1-10,12H,13H2. The number of hydrogen-bond acceptors (Lipinski definition) is 3. The summed E-state index contributed by atoms with van der Waals surface area (Å²) >= 11 is 5.98. The summed E-state index contributed by atoms with van der Waals surface area (Å²) in [5, 5.41) is 9.66. The average Bonchev–Trinajstić information content (AvgIpc) is 2.61. The lowest BCUT2D eigenvalue weighted by molar-refractivity contribution is 0.306. The molecular formula is C19H13ClN2O. The van der Waals surface area contributed by atoms with Crippen LogP contribution in [-0.2, 0) is 6.61 Å². The fourth-order valence-electron chi connectivity index (χ4n) is 2.22. The maximum atomic E-state index is 9.16. The van der Waals surface area contributed by atoms with E-state index in [0.717, 1.165) is 22.4 Å². The molecule has 23 heavy (non-hydrogen) atoms. The number of hydrogen-bond donors (Lipinski definition) is 0. The topological polar surface area (TPSA) is 45.9 Å². The van der Waals surface area contributed by atoms with E-state index in [2.05, 4.69) is 11.1 Å². The summed E-state index contributed by atoms with van der Waals surface area (Å²) in [5.41, 5.74) is 3.06. The second-order valence-corrected chi connectivity index (χ2v) is 5.40. The number of halogens is 1.